The highest BCUT2D eigenvalue weighted by Gasteiger charge is 1.99. The average molecular weight is 210 g/mol. The van der Waals surface area contributed by atoms with E-state index < -0.39 is 0 Å². The van der Waals surface area contributed by atoms with E-state index in [0.717, 1.165) is 24.5 Å². The largest absolute Gasteiger partial charge is 0.494 e. The summed E-state index contributed by atoms with van der Waals surface area (Å²) in [5.74, 6) is 2.11. The van der Waals surface area contributed by atoms with Crippen LogP contribution in [-0.4, -0.2) is 12.4 Å². The average Bonchev–Trinajstić information content (AvgIpc) is 2.14. The molecule has 0 saturated carbocycles. The van der Waals surface area contributed by atoms with Crippen molar-refractivity contribution >= 4 is 11.8 Å². The van der Waals surface area contributed by atoms with Gasteiger partial charge in [-0.05, 0) is 42.9 Å². The molecule has 0 fully saturated rings. The van der Waals surface area contributed by atoms with Crippen molar-refractivity contribution in [1.82, 2.24) is 0 Å². The molecule has 0 heterocycles. The molecule has 1 rings (SSSR count). The Hall–Kier alpha value is -0.630. The second-order valence-corrected chi connectivity index (χ2v) is 4.60. The normalized spacial score (nSPS) is 10.2. The Morgan fingerprint density at radius 3 is 2.64 bits per heavy atom. The number of hydrogen-bond donors (Lipinski definition) is 0. The van der Waals surface area contributed by atoms with E-state index in [1.807, 2.05) is 11.8 Å². The fraction of sp³-hybridized carbons (Fsp3) is 0.500. The van der Waals surface area contributed by atoms with Crippen LogP contribution >= 0.6 is 11.8 Å². The lowest BCUT2D eigenvalue weighted by atomic mass is 10.2. The summed E-state index contributed by atoms with van der Waals surface area (Å²) in [4.78, 5) is 1.30. The Morgan fingerprint density at radius 2 is 2.00 bits per heavy atom. The summed E-state index contributed by atoms with van der Waals surface area (Å²) in [7, 11) is 0. The zero-order chi connectivity index (χ0) is 10.4. The molecule has 78 valence electrons. The van der Waals surface area contributed by atoms with Crippen LogP contribution in [0.5, 0.6) is 5.75 Å². The molecule has 0 radical (unpaired) electrons. The maximum atomic E-state index is 5.61. The van der Waals surface area contributed by atoms with Crippen LogP contribution in [0.2, 0.25) is 0 Å². The van der Waals surface area contributed by atoms with E-state index in [0.29, 0.717) is 0 Å². The molecule has 0 atom stereocenters. The van der Waals surface area contributed by atoms with Crippen LogP contribution < -0.4 is 4.74 Å². The number of aryl methyl sites for hydroxylation is 1. The van der Waals surface area contributed by atoms with Gasteiger partial charge in [-0.3, -0.25) is 0 Å². The van der Waals surface area contributed by atoms with Crippen molar-refractivity contribution in [2.45, 2.75) is 32.1 Å². The predicted molar refractivity (Wildman–Crippen MR) is 63.4 cm³/mol. The third-order valence-electron chi connectivity index (χ3n) is 1.81. The standard InChI is InChI=1S/C12H18OS/c1-4-6-13-11-7-10(3)8-12(9-11)14-5-2/h7-9H,4-6H2,1-3H3. The van der Waals surface area contributed by atoms with Gasteiger partial charge in [-0.25, -0.2) is 0 Å². The zero-order valence-electron chi connectivity index (χ0n) is 9.17. The molecular formula is C12H18OS. The van der Waals surface area contributed by atoms with Gasteiger partial charge >= 0.3 is 0 Å². The van der Waals surface area contributed by atoms with Gasteiger partial charge in [0.05, 0.1) is 6.61 Å². The Kier molecular flexibility index (Phi) is 4.88. The van der Waals surface area contributed by atoms with E-state index in [1.54, 1.807) is 0 Å². The zero-order valence-corrected chi connectivity index (χ0v) is 9.99. The molecule has 1 aromatic carbocycles. The third-order valence-corrected chi connectivity index (χ3v) is 2.67. The third kappa shape index (κ3) is 3.62. The SMILES string of the molecule is CCCOc1cc(C)cc(SCC)c1. The molecular weight excluding hydrogens is 192 g/mol. The fourth-order valence-corrected chi connectivity index (χ4v) is 2.07. The molecule has 0 unspecified atom stereocenters. The summed E-state index contributed by atoms with van der Waals surface area (Å²) in [5.41, 5.74) is 1.27. The van der Waals surface area contributed by atoms with E-state index in [4.69, 9.17) is 4.74 Å². The molecule has 1 nitrogen and oxygen atoms in total. The van der Waals surface area contributed by atoms with Crippen LogP contribution in [0.25, 0.3) is 0 Å². The first-order valence-corrected chi connectivity index (χ1v) is 6.12. The van der Waals surface area contributed by atoms with Crippen LogP contribution in [0.15, 0.2) is 23.1 Å². The molecule has 2 heteroatoms. The quantitative estimate of drug-likeness (QED) is 0.682. The number of hydrogen-bond acceptors (Lipinski definition) is 2. The monoisotopic (exact) mass is 210 g/mol. The van der Waals surface area contributed by atoms with Crippen LogP contribution in [0, 0.1) is 6.92 Å². The lowest BCUT2D eigenvalue weighted by Crippen LogP contribution is -1.95. The highest BCUT2D eigenvalue weighted by atomic mass is 32.2. The smallest absolute Gasteiger partial charge is 0.120 e. The number of ether oxygens (including phenoxy) is 1. The molecule has 0 bridgehead atoms. The summed E-state index contributed by atoms with van der Waals surface area (Å²) >= 11 is 1.86. The Bertz CT molecular complexity index is 284. The molecule has 0 saturated heterocycles. The first kappa shape index (κ1) is 11.4. The van der Waals surface area contributed by atoms with Gasteiger partial charge in [0.15, 0.2) is 0 Å². The maximum Gasteiger partial charge on any atom is 0.120 e. The Morgan fingerprint density at radius 1 is 1.21 bits per heavy atom. The minimum absolute atomic E-state index is 0.805. The highest BCUT2D eigenvalue weighted by molar-refractivity contribution is 7.99. The van der Waals surface area contributed by atoms with E-state index in [1.165, 1.54) is 10.5 Å². The predicted octanol–water partition coefficient (Wildman–Crippen LogP) is 3.90. The first-order chi connectivity index (χ1) is 6.76. The van der Waals surface area contributed by atoms with Crippen molar-refractivity contribution in [2.75, 3.05) is 12.4 Å². The van der Waals surface area contributed by atoms with Crippen LogP contribution in [0.3, 0.4) is 0 Å². The Labute approximate surface area is 90.9 Å². The fourth-order valence-electron chi connectivity index (χ4n) is 1.27. The van der Waals surface area contributed by atoms with Crippen LogP contribution in [-0.2, 0) is 0 Å². The molecule has 0 aliphatic heterocycles. The van der Waals surface area contributed by atoms with Crippen molar-refractivity contribution in [3.8, 4) is 5.75 Å². The van der Waals surface area contributed by atoms with Gasteiger partial charge in [0.2, 0.25) is 0 Å². The summed E-state index contributed by atoms with van der Waals surface area (Å²) < 4.78 is 5.61. The second-order valence-electron chi connectivity index (χ2n) is 3.26. The van der Waals surface area contributed by atoms with E-state index in [-0.39, 0.29) is 0 Å². The van der Waals surface area contributed by atoms with Gasteiger partial charge in [0.1, 0.15) is 5.75 Å². The van der Waals surface area contributed by atoms with Gasteiger partial charge in [-0.2, -0.15) is 0 Å². The molecule has 0 aliphatic rings. The number of rotatable bonds is 5. The lowest BCUT2D eigenvalue weighted by molar-refractivity contribution is 0.316. The summed E-state index contributed by atoms with van der Waals surface area (Å²) in [5, 5.41) is 0. The van der Waals surface area contributed by atoms with E-state index >= 15 is 0 Å². The van der Waals surface area contributed by atoms with Crippen molar-refractivity contribution in [3.63, 3.8) is 0 Å². The van der Waals surface area contributed by atoms with Crippen LogP contribution in [0.1, 0.15) is 25.8 Å². The number of thioether (sulfide) groups is 1. The van der Waals surface area contributed by atoms with E-state index in [2.05, 4.69) is 39.0 Å². The lowest BCUT2D eigenvalue weighted by Gasteiger charge is -2.07. The minimum atomic E-state index is 0.805. The second kappa shape index (κ2) is 5.97. The van der Waals surface area contributed by atoms with Gasteiger partial charge in [0, 0.05) is 4.90 Å². The topological polar surface area (TPSA) is 9.23 Å². The highest BCUT2D eigenvalue weighted by Crippen LogP contribution is 2.25. The van der Waals surface area contributed by atoms with Crippen LogP contribution in [0.4, 0.5) is 0 Å². The van der Waals surface area contributed by atoms with E-state index in [9.17, 15) is 0 Å². The molecule has 0 spiro atoms. The molecule has 1 aromatic rings. The molecule has 0 N–H and O–H groups in total. The van der Waals surface area contributed by atoms with Gasteiger partial charge < -0.3 is 4.74 Å². The molecule has 0 aromatic heterocycles. The van der Waals surface area contributed by atoms with Gasteiger partial charge in [-0.1, -0.05) is 13.8 Å². The van der Waals surface area contributed by atoms with Crippen molar-refractivity contribution in [3.05, 3.63) is 23.8 Å². The van der Waals surface area contributed by atoms with Crippen molar-refractivity contribution < 1.29 is 4.74 Å². The van der Waals surface area contributed by atoms with Gasteiger partial charge in [0.25, 0.3) is 0 Å². The summed E-state index contributed by atoms with van der Waals surface area (Å²) in [6.07, 6.45) is 1.06. The maximum absolute atomic E-state index is 5.61. The Balaban J connectivity index is 2.73. The summed E-state index contributed by atoms with van der Waals surface area (Å²) in [6, 6.07) is 6.42. The minimum Gasteiger partial charge on any atom is -0.494 e. The molecule has 0 aliphatic carbocycles. The van der Waals surface area contributed by atoms with Crippen molar-refractivity contribution in [2.24, 2.45) is 0 Å². The first-order valence-electron chi connectivity index (χ1n) is 5.13. The van der Waals surface area contributed by atoms with Gasteiger partial charge in [-0.15, -0.1) is 11.8 Å². The number of benzene rings is 1. The molecule has 14 heavy (non-hydrogen) atoms. The summed E-state index contributed by atoms with van der Waals surface area (Å²) in [6.45, 7) is 7.20. The van der Waals surface area contributed by atoms with Crippen molar-refractivity contribution in [1.29, 1.82) is 0 Å². The molecule has 0 amide bonds.